The quantitative estimate of drug-likeness (QED) is 0.695. The summed E-state index contributed by atoms with van der Waals surface area (Å²) in [4.78, 5) is 26.8. The van der Waals surface area contributed by atoms with E-state index in [4.69, 9.17) is 4.74 Å². The molecule has 0 spiro atoms. The second-order valence-corrected chi connectivity index (χ2v) is 7.23. The van der Waals surface area contributed by atoms with E-state index in [0.29, 0.717) is 11.3 Å². The average Bonchev–Trinajstić information content (AvgIpc) is 2.74. The third-order valence-electron chi connectivity index (χ3n) is 5.08. The minimum Gasteiger partial charge on any atom is -0.497 e. The Bertz CT molecular complexity index is 778. The standard InChI is InChI=1S/C23H28N2O3/c1-28-21-11-7-19(8-12-21)22(26)13-14-23(27)24-20-9-5-18(6-10-20)17-25-15-3-2-4-16-25/h5-12H,2-4,13-17H2,1H3,(H,24,27). The molecule has 0 atom stereocenters. The highest BCUT2D eigenvalue weighted by Crippen LogP contribution is 2.16. The van der Waals surface area contributed by atoms with Gasteiger partial charge >= 0.3 is 0 Å². The molecular weight excluding hydrogens is 352 g/mol. The lowest BCUT2D eigenvalue weighted by Crippen LogP contribution is -2.29. The zero-order chi connectivity index (χ0) is 19.8. The fourth-order valence-electron chi connectivity index (χ4n) is 3.44. The number of methoxy groups -OCH3 is 1. The first-order chi connectivity index (χ1) is 13.6. The van der Waals surface area contributed by atoms with Crippen LogP contribution in [0, 0.1) is 0 Å². The van der Waals surface area contributed by atoms with Crippen LogP contribution >= 0.6 is 0 Å². The summed E-state index contributed by atoms with van der Waals surface area (Å²) in [6.45, 7) is 3.30. The van der Waals surface area contributed by atoms with Crippen molar-refractivity contribution in [2.45, 2.75) is 38.6 Å². The fraction of sp³-hybridized carbons (Fsp3) is 0.391. The Balaban J connectivity index is 1.44. The smallest absolute Gasteiger partial charge is 0.224 e. The SMILES string of the molecule is COc1ccc(C(=O)CCC(=O)Nc2ccc(CN3CCCCC3)cc2)cc1. The molecule has 1 aliphatic heterocycles. The number of likely N-dealkylation sites (tertiary alicyclic amines) is 1. The number of hydrogen-bond donors (Lipinski definition) is 1. The number of rotatable bonds is 8. The molecular formula is C23H28N2O3. The molecule has 1 heterocycles. The van der Waals surface area contributed by atoms with Crippen LogP contribution in [-0.4, -0.2) is 36.8 Å². The van der Waals surface area contributed by atoms with E-state index in [9.17, 15) is 9.59 Å². The van der Waals surface area contributed by atoms with Gasteiger partial charge in [0.1, 0.15) is 5.75 Å². The van der Waals surface area contributed by atoms with Gasteiger partial charge in [-0.3, -0.25) is 14.5 Å². The highest BCUT2D eigenvalue weighted by atomic mass is 16.5. The number of piperidine rings is 1. The number of nitrogens with one attached hydrogen (secondary N) is 1. The van der Waals surface area contributed by atoms with E-state index < -0.39 is 0 Å². The molecule has 1 N–H and O–H groups in total. The summed E-state index contributed by atoms with van der Waals surface area (Å²) < 4.78 is 5.09. The van der Waals surface area contributed by atoms with Gasteiger partial charge in [-0.1, -0.05) is 18.6 Å². The van der Waals surface area contributed by atoms with Gasteiger partial charge in [-0.2, -0.15) is 0 Å². The lowest BCUT2D eigenvalue weighted by Gasteiger charge is -2.26. The van der Waals surface area contributed by atoms with E-state index in [-0.39, 0.29) is 24.5 Å². The molecule has 0 saturated carbocycles. The number of benzene rings is 2. The second-order valence-electron chi connectivity index (χ2n) is 7.23. The van der Waals surface area contributed by atoms with Crippen LogP contribution in [0.25, 0.3) is 0 Å². The number of carbonyl (C=O) groups excluding carboxylic acids is 2. The molecule has 2 aromatic carbocycles. The summed E-state index contributed by atoms with van der Waals surface area (Å²) >= 11 is 0. The predicted molar refractivity (Wildman–Crippen MR) is 111 cm³/mol. The molecule has 28 heavy (non-hydrogen) atoms. The van der Waals surface area contributed by atoms with Crippen LogP contribution in [-0.2, 0) is 11.3 Å². The van der Waals surface area contributed by atoms with Gasteiger partial charge in [0.15, 0.2) is 5.78 Å². The summed E-state index contributed by atoms with van der Waals surface area (Å²) in [6.07, 6.45) is 4.25. The van der Waals surface area contributed by atoms with Crippen molar-refractivity contribution in [1.82, 2.24) is 4.90 Å². The van der Waals surface area contributed by atoms with E-state index in [2.05, 4.69) is 22.3 Å². The molecule has 1 amide bonds. The molecule has 148 valence electrons. The Morgan fingerprint density at radius 1 is 0.929 bits per heavy atom. The maximum atomic E-state index is 12.2. The summed E-state index contributed by atoms with van der Waals surface area (Å²) in [6, 6.07) is 14.9. The summed E-state index contributed by atoms with van der Waals surface area (Å²) in [5.74, 6) is 0.512. The number of anilines is 1. The Morgan fingerprint density at radius 3 is 2.25 bits per heavy atom. The van der Waals surface area contributed by atoms with Crippen LogP contribution in [0.5, 0.6) is 5.75 Å². The van der Waals surface area contributed by atoms with Gasteiger partial charge < -0.3 is 10.1 Å². The van der Waals surface area contributed by atoms with E-state index in [1.807, 2.05) is 12.1 Å². The molecule has 1 saturated heterocycles. The lowest BCUT2D eigenvalue weighted by molar-refractivity contribution is -0.116. The van der Waals surface area contributed by atoms with E-state index >= 15 is 0 Å². The molecule has 3 rings (SSSR count). The largest absolute Gasteiger partial charge is 0.497 e. The third kappa shape index (κ3) is 5.92. The first-order valence-corrected chi connectivity index (χ1v) is 9.92. The molecule has 1 aliphatic rings. The summed E-state index contributed by atoms with van der Waals surface area (Å²) in [7, 11) is 1.58. The van der Waals surface area contributed by atoms with Gasteiger partial charge in [0.25, 0.3) is 0 Å². The van der Waals surface area contributed by atoms with Crippen LogP contribution in [0.2, 0.25) is 0 Å². The Hall–Kier alpha value is -2.66. The van der Waals surface area contributed by atoms with Crippen molar-refractivity contribution in [3.05, 3.63) is 59.7 Å². The average molecular weight is 380 g/mol. The topological polar surface area (TPSA) is 58.6 Å². The van der Waals surface area contributed by atoms with Gasteiger partial charge in [-0.05, 0) is 67.9 Å². The lowest BCUT2D eigenvalue weighted by atomic mass is 10.1. The third-order valence-corrected chi connectivity index (χ3v) is 5.08. The molecule has 0 radical (unpaired) electrons. The van der Waals surface area contributed by atoms with Crippen LogP contribution in [0.3, 0.4) is 0 Å². The molecule has 0 unspecified atom stereocenters. The first-order valence-electron chi connectivity index (χ1n) is 9.92. The van der Waals surface area contributed by atoms with Gasteiger partial charge in [-0.15, -0.1) is 0 Å². The number of amides is 1. The molecule has 0 aliphatic carbocycles. The monoisotopic (exact) mass is 380 g/mol. The number of Topliss-reactive ketones (excluding diaryl/α,β-unsaturated/α-hetero) is 1. The molecule has 2 aromatic rings. The minimum absolute atomic E-state index is 0.0466. The summed E-state index contributed by atoms with van der Waals surface area (Å²) in [5, 5.41) is 2.87. The van der Waals surface area contributed by atoms with Crippen LogP contribution in [0.1, 0.15) is 48.0 Å². The molecule has 0 bridgehead atoms. The predicted octanol–water partition coefficient (Wildman–Crippen LogP) is 4.28. The van der Waals surface area contributed by atoms with Crippen molar-refractivity contribution in [1.29, 1.82) is 0 Å². The highest BCUT2D eigenvalue weighted by molar-refractivity contribution is 6.00. The second kappa shape index (κ2) is 10.0. The highest BCUT2D eigenvalue weighted by Gasteiger charge is 2.12. The maximum Gasteiger partial charge on any atom is 0.224 e. The molecule has 1 fully saturated rings. The minimum atomic E-state index is -0.148. The Morgan fingerprint density at radius 2 is 1.61 bits per heavy atom. The number of carbonyl (C=O) groups is 2. The zero-order valence-corrected chi connectivity index (χ0v) is 16.4. The number of ether oxygens (including phenoxy) is 1. The van der Waals surface area contributed by atoms with E-state index in [1.165, 1.54) is 37.9 Å². The van der Waals surface area contributed by atoms with Crippen LogP contribution in [0.4, 0.5) is 5.69 Å². The number of nitrogens with zero attached hydrogens (tertiary/aromatic N) is 1. The van der Waals surface area contributed by atoms with E-state index in [0.717, 1.165) is 12.2 Å². The van der Waals surface area contributed by atoms with Crippen molar-refractivity contribution in [2.24, 2.45) is 0 Å². The molecule has 5 heteroatoms. The van der Waals surface area contributed by atoms with Crippen molar-refractivity contribution < 1.29 is 14.3 Å². The fourth-order valence-corrected chi connectivity index (χ4v) is 3.44. The normalized spacial score (nSPS) is 14.5. The summed E-state index contributed by atoms with van der Waals surface area (Å²) in [5.41, 5.74) is 2.62. The van der Waals surface area contributed by atoms with Crippen molar-refractivity contribution in [2.75, 3.05) is 25.5 Å². The van der Waals surface area contributed by atoms with Gasteiger partial charge in [0.2, 0.25) is 5.91 Å². The Labute approximate surface area is 166 Å². The van der Waals surface area contributed by atoms with Crippen LogP contribution < -0.4 is 10.1 Å². The van der Waals surface area contributed by atoms with Crippen molar-refractivity contribution in [3.8, 4) is 5.75 Å². The zero-order valence-electron chi connectivity index (χ0n) is 16.4. The first kappa shape index (κ1) is 20.1. The van der Waals surface area contributed by atoms with Crippen molar-refractivity contribution in [3.63, 3.8) is 0 Å². The van der Waals surface area contributed by atoms with Crippen molar-refractivity contribution >= 4 is 17.4 Å². The number of ketones is 1. The van der Waals surface area contributed by atoms with E-state index in [1.54, 1.807) is 31.4 Å². The van der Waals surface area contributed by atoms with Gasteiger partial charge in [0, 0.05) is 30.6 Å². The molecule has 5 nitrogen and oxygen atoms in total. The van der Waals surface area contributed by atoms with Crippen LogP contribution in [0.15, 0.2) is 48.5 Å². The maximum absolute atomic E-state index is 12.2. The number of hydrogen-bond acceptors (Lipinski definition) is 4. The van der Waals surface area contributed by atoms with Gasteiger partial charge in [0.05, 0.1) is 7.11 Å². The van der Waals surface area contributed by atoms with Gasteiger partial charge in [-0.25, -0.2) is 0 Å². The molecule has 0 aromatic heterocycles. The Kier molecular flexibility index (Phi) is 7.20.